The van der Waals surface area contributed by atoms with E-state index in [1.165, 1.54) is 0 Å². The summed E-state index contributed by atoms with van der Waals surface area (Å²) in [5.74, 6) is 0.348. The summed E-state index contributed by atoms with van der Waals surface area (Å²) in [7, 11) is 0. The minimum atomic E-state index is -0.444. The number of carbonyl (C=O) groups excluding carboxylic acids is 2. The number of benzene rings is 1. The van der Waals surface area contributed by atoms with Gasteiger partial charge in [-0.1, -0.05) is 24.3 Å². The van der Waals surface area contributed by atoms with Crippen molar-refractivity contribution < 1.29 is 19.1 Å². The van der Waals surface area contributed by atoms with Gasteiger partial charge in [-0.25, -0.2) is 0 Å². The smallest absolute Gasteiger partial charge is 0.306 e. The van der Waals surface area contributed by atoms with E-state index in [0.29, 0.717) is 50.3 Å². The molecule has 5 heteroatoms. The van der Waals surface area contributed by atoms with Gasteiger partial charge in [-0.2, -0.15) is 0 Å². The summed E-state index contributed by atoms with van der Waals surface area (Å²) in [6.07, 6.45) is 2.10. The lowest BCUT2D eigenvalue weighted by atomic mass is 10.1. The van der Waals surface area contributed by atoms with Crippen molar-refractivity contribution in [2.75, 3.05) is 13.2 Å². The molecule has 0 aliphatic heterocycles. The van der Waals surface area contributed by atoms with Gasteiger partial charge in [0.1, 0.15) is 5.60 Å². The topological polar surface area (TPSA) is 52.6 Å². The van der Waals surface area contributed by atoms with Gasteiger partial charge in [0.25, 0.3) is 0 Å². The fourth-order valence-electron chi connectivity index (χ4n) is 2.07. The highest BCUT2D eigenvalue weighted by molar-refractivity contribution is 6.17. The van der Waals surface area contributed by atoms with E-state index < -0.39 is 5.60 Å². The molecular formula is C19H27ClO4. The van der Waals surface area contributed by atoms with Crippen molar-refractivity contribution in [1.29, 1.82) is 0 Å². The summed E-state index contributed by atoms with van der Waals surface area (Å²) >= 11 is 5.72. The average Bonchev–Trinajstić information content (AvgIpc) is 2.52. The van der Waals surface area contributed by atoms with Gasteiger partial charge in [0.05, 0.1) is 0 Å². The van der Waals surface area contributed by atoms with Gasteiger partial charge in [0.2, 0.25) is 0 Å². The predicted molar refractivity (Wildman–Crippen MR) is 95.5 cm³/mol. The van der Waals surface area contributed by atoms with E-state index in [-0.39, 0.29) is 11.8 Å². The third-order valence-electron chi connectivity index (χ3n) is 3.21. The fraction of sp³-hybridized carbons (Fsp3) is 0.579. The van der Waals surface area contributed by atoms with Crippen molar-refractivity contribution in [3.63, 3.8) is 0 Å². The molecule has 134 valence electrons. The summed E-state index contributed by atoms with van der Waals surface area (Å²) in [5, 5.41) is 0. The molecule has 0 amide bonds. The molecule has 0 heterocycles. The van der Waals surface area contributed by atoms with Crippen molar-refractivity contribution in [2.24, 2.45) is 0 Å². The van der Waals surface area contributed by atoms with Crippen LogP contribution < -0.4 is 0 Å². The first-order valence-corrected chi connectivity index (χ1v) is 8.83. The first-order chi connectivity index (χ1) is 11.3. The van der Waals surface area contributed by atoms with Crippen LogP contribution in [0.5, 0.6) is 0 Å². The van der Waals surface area contributed by atoms with Crippen LogP contribution in [-0.4, -0.2) is 30.6 Å². The van der Waals surface area contributed by atoms with Crippen LogP contribution in [0.15, 0.2) is 24.3 Å². The molecule has 0 spiro atoms. The Morgan fingerprint density at radius 3 is 2.12 bits per heavy atom. The number of halogens is 1. The van der Waals surface area contributed by atoms with Crippen molar-refractivity contribution in [3.05, 3.63) is 35.4 Å². The Balaban J connectivity index is 2.09. The zero-order chi connectivity index (χ0) is 18.0. The minimum absolute atomic E-state index is 0.105. The Bertz CT molecular complexity index is 517. The van der Waals surface area contributed by atoms with Gasteiger partial charge in [-0.3, -0.25) is 9.59 Å². The van der Waals surface area contributed by atoms with E-state index in [1.54, 1.807) is 0 Å². The first-order valence-electron chi connectivity index (χ1n) is 8.29. The number of hydrogen-bond acceptors (Lipinski definition) is 4. The second-order valence-corrected chi connectivity index (χ2v) is 6.93. The second kappa shape index (κ2) is 10.5. The molecule has 0 fully saturated rings. The first kappa shape index (κ1) is 20.7. The monoisotopic (exact) mass is 354 g/mol. The molecule has 0 aliphatic carbocycles. The standard InChI is InChI=1S/C19H27ClO4/c1-19(2,3)24-18(22)7-5-13-23-12-4-6-17(21)16-10-8-15(14-20)9-11-16/h8-11H,4-7,12-14H2,1-3H3. The zero-order valence-corrected chi connectivity index (χ0v) is 15.5. The van der Waals surface area contributed by atoms with E-state index in [0.717, 1.165) is 5.56 Å². The molecule has 1 aromatic carbocycles. The second-order valence-electron chi connectivity index (χ2n) is 6.66. The number of esters is 1. The van der Waals surface area contributed by atoms with Crippen LogP contribution in [0.2, 0.25) is 0 Å². The Morgan fingerprint density at radius 1 is 1.00 bits per heavy atom. The molecule has 0 unspecified atom stereocenters. The SMILES string of the molecule is CC(C)(C)OC(=O)CCCOCCCC(=O)c1ccc(CCl)cc1. The maximum atomic E-state index is 12.0. The fourth-order valence-corrected chi connectivity index (χ4v) is 2.25. The van der Waals surface area contributed by atoms with E-state index in [9.17, 15) is 9.59 Å². The van der Waals surface area contributed by atoms with Gasteiger partial charge in [-0.05, 0) is 39.2 Å². The molecule has 0 saturated carbocycles. The quantitative estimate of drug-likeness (QED) is 0.268. The van der Waals surface area contributed by atoms with Crippen LogP contribution >= 0.6 is 11.6 Å². The number of Topliss-reactive ketones (excluding diaryl/α,β-unsaturated/α-hetero) is 1. The molecule has 1 rings (SSSR count). The molecule has 0 radical (unpaired) electrons. The third kappa shape index (κ3) is 9.04. The molecule has 0 bridgehead atoms. The molecular weight excluding hydrogens is 328 g/mol. The van der Waals surface area contributed by atoms with Gasteiger partial charge >= 0.3 is 5.97 Å². The summed E-state index contributed by atoms with van der Waals surface area (Å²) < 4.78 is 10.7. The van der Waals surface area contributed by atoms with Crippen LogP contribution in [0, 0.1) is 0 Å². The number of alkyl halides is 1. The Hall–Kier alpha value is -1.39. The maximum absolute atomic E-state index is 12.0. The molecule has 4 nitrogen and oxygen atoms in total. The van der Waals surface area contributed by atoms with Crippen LogP contribution in [-0.2, 0) is 20.1 Å². The van der Waals surface area contributed by atoms with E-state index in [4.69, 9.17) is 21.1 Å². The normalized spacial score (nSPS) is 11.3. The number of carbonyl (C=O) groups is 2. The molecule has 0 aromatic heterocycles. The van der Waals surface area contributed by atoms with Gasteiger partial charge in [0, 0.05) is 37.5 Å². The summed E-state index contributed by atoms with van der Waals surface area (Å²) in [4.78, 5) is 23.5. The lowest BCUT2D eigenvalue weighted by Gasteiger charge is -2.19. The van der Waals surface area contributed by atoms with Crippen LogP contribution in [0.25, 0.3) is 0 Å². The summed E-state index contributed by atoms with van der Waals surface area (Å²) in [5.41, 5.74) is 1.26. The minimum Gasteiger partial charge on any atom is -0.460 e. The Kier molecular flexibility index (Phi) is 9.01. The number of rotatable bonds is 10. The number of ketones is 1. The van der Waals surface area contributed by atoms with E-state index >= 15 is 0 Å². The predicted octanol–water partition coefficient (Wildman–Crippen LogP) is 4.53. The summed E-state index contributed by atoms with van der Waals surface area (Å²) in [6, 6.07) is 7.35. The Morgan fingerprint density at radius 2 is 1.58 bits per heavy atom. The molecule has 0 saturated heterocycles. The highest BCUT2D eigenvalue weighted by Gasteiger charge is 2.15. The van der Waals surface area contributed by atoms with Crippen molar-refractivity contribution >= 4 is 23.4 Å². The molecule has 0 N–H and O–H groups in total. The molecule has 0 aliphatic rings. The number of hydrogen-bond donors (Lipinski definition) is 0. The zero-order valence-electron chi connectivity index (χ0n) is 14.8. The van der Waals surface area contributed by atoms with Crippen molar-refractivity contribution in [2.45, 2.75) is 57.9 Å². The third-order valence-corrected chi connectivity index (χ3v) is 3.52. The number of ether oxygens (including phenoxy) is 2. The highest BCUT2D eigenvalue weighted by Crippen LogP contribution is 2.11. The highest BCUT2D eigenvalue weighted by atomic mass is 35.5. The maximum Gasteiger partial charge on any atom is 0.306 e. The van der Waals surface area contributed by atoms with Crippen molar-refractivity contribution in [1.82, 2.24) is 0 Å². The van der Waals surface area contributed by atoms with Crippen LogP contribution in [0.4, 0.5) is 0 Å². The van der Waals surface area contributed by atoms with Crippen LogP contribution in [0.1, 0.15) is 62.4 Å². The molecule has 1 aromatic rings. The average molecular weight is 355 g/mol. The largest absolute Gasteiger partial charge is 0.460 e. The molecule has 24 heavy (non-hydrogen) atoms. The van der Waals surface area contributed by atoms with Gasteiger partial charge < -0.3 is 9.47 Å². The molecule has 0 atom stereocenters. The summed E-state index contributed by atoms with van der Waals surface area (Å²) in [6.45, 7) is 6.56. The lowest BCUT2D eigenvalue weighted by molar-refractivity contribution is -0.155. The lowest BCUT2D eigenvalue weighted by Crippen LogP contribution is -2.23. The van der Waals surface area contributed by atoms with Crippen molar-refractivity contribution in [3.8, 4) is 0 Å². The van der Waals surface area contributed by atoms with Gasteiger partial charge in [0.15, 0.2) is 5.78 Å². The van der Waals surface area contributed by atoms with E-state index in [2.05, 4.69) is 0 Å². The van der Waals surface area contributed by atoms with Crippen LogP contribution in [0.3, 0.4) is 0 Å². The van der Waals surface area contributed by atoms with E-state index in [1.807, 2.05) is 45.0 Å². The van der Waals surface area contributed by atoms with Gasteiger partial charge in [-0.15, -0.1) is 11.6 Å². The Labute approximate surface area is 149 Å².